The molecular formula is C31H34O8S. The van der Waals surface area contributed by atoms with Gasteiger partial charge in [0, 0.05) is 0 Å². The molecule has 0 bridgehead atoms. The zero-order valence-corrected chi connectivity index (χ0v) is 23.5. The van der Waals surface area contributed by atoms with Gasteiger partial charge in [-0.05, 0) is 84.3 Å². The zero-order chi connectivity index (χ0) is 28.3. The number of aliphatic carboxylic acids is 1. The Morgan fingerprint density at radius 2 is 1.60 bits per heavy atom. The van der Waals surface area contributed by atoms with Crippen LogP contribution in [-0.4, -0.2) is 56.9 Å². The van der Waals surface area contributed by atoms with Crippen molar-refractivity contribution in [3.05, 3.63) is 82.9 Å². The lowest BCUT2D eigenvalue weighted by Crippen LogP contribution is -2.49. The molecule has 5 rings (SSSR count). The number of benzene rings is 3. The van der Waals surface area contributed by atoms with Crippen molar-refractivity contribution in [3.63, 3.8) is 0 Å². The topological polar surface area (TPSA) is 108 Å². The lowest BCUT2D eigenvalue weighted by molar-refractivity contribution is -0.220. The highest BCUT2D eigenvalue weighted by Gasteiger charge is 2.42. The largest absolute Gasteiger partial charge is 0.490 e. The fourth-order valence-electron chi connectivity index (χ4n) is 5.21. The van der Waals surface area contributed by atoms with E-state index in [1.165, 1.54) is 0 Å². The lowest BCUT2D eigenvalue weighted by atomic mass is 9.91. The van der Waals surface area contributed by atoms with Crippen molar-refractivity contribution >= 4 is 15.8 Å². The van der Waals surface area contributed by atoms with Crippen LogP contribution in [0.2, 0.25) is 0 Å². The molecule has 8 nitrogen and oxygen atoms in total. The third-order valence-corrected chi connectivity index (χ3v) is 9.37. The van der Waals surface area contributed by atoms with Crippen LogP contribution in [0.4, 0.5) is 0 Å². The van der Waals surface area contributed by atoms with Crippen molar-refractivity contribution in [3.8, 4) is 22.6 Å². The van der Waals surface area contributed by atoms with E-state index in [2.05, 4.69) is 26.0 Å². The minimum absolute atomic E-state index is 0.0720. The summed E-state index contributed by atoms with van der Waals surface area (Å²) in [5.41, 5.74) is 5.73. The van der Waals surface area contributed by atoms with Gasteiger partial charge in [0.2, 0.25) is 0 Å². The van der Waals surface area contributed by atoms with Crippen molar-refractivity contribution in [2.24, 2.45) is 0 Å². The summed E-state index contributed by atoms with van der Waals surface area (Å²) in [6, 6.07) is 19.7. The van der Waals surface area contributed by atoms with E-state index >= 15 is 0 Å². The normalized spacial score (nSPS) is 18.1. The van der Waals surface area contributed by atoms with Gasteiger partial charge in [0.1, 0.15) is 36.4 Å². The number of hydrogen-bond acceptors (Lipinski definition) is 7. The monoisotopic (exact) mass is 566 g/mol. The van der Waals surface area contributed by atoms with Crippen LogP contribution in [0.25, 0.3) is 11.1 Å². The summed E-state index contributed by atoms with van der Waals surface area (Å²) < 4.78 is 46.5. The van der Waals surface area contributed by atoms with E-state index in [0.717, 1.165) is 39.1 Å². The smallest absolute Gasteiger partial charge is 0.329 e. The Hall–Kier alpha value is -3.40. The van der Waals surface area contributed by atoms with Crippen LogP contribution in [0.5, 0.6) is 11.5 Å². The molecular weight excluding hydrogens is 532 g/mol. The SMILES string of the molecule is Cc1ccc(COc2ccc(C3(OCC(=O)O)COC3)cc2)c(C)c1-c1ccc(OC2CCS(=O)(=O)CC2)cc1. The average Bonchev–Trinajstić information content (AvgIpc) is 2.90. The first kappa shape index (κ1) is 28.1. The molecule has 3 aromatic carbocycles. The Balaban J connectivity index is 1.24. The first-order valence-corrected chi connectivity index (χ1v) is 15.2. The van der Waals surface area contributed by atoms with Crippen molar-refractivity contribution in [1.29, 1.82) is 0 Å². The summed E-state index contributed by atoms with van der Waals surface area (Å²) >= 11 is 0. The molecule has 40 heavy (non-hydrogen) atoms. The van der Waals surface area contributed by atoms with Gasteiger partial charge in [0.25, 0.3) is 0 Å². The highest BCUT2D eigenvalue weighted by atomic mass is 32.2. The van der Waals surface area contributed by atoms with Crippen LogP contribution in [0.15, 0.2) is 60.7 Å². The number of rotatable bonds is 10. The molecule has 2 fully saturated rings. The Bertz CT molecular complexity index is 1440. The van der Waals surface area contributed by atoms with E-state index in [1.54, 1.807) is 0 Å². The molecule has 0 aliphatic carbocycles. The molecule has 0 radical (unpaired) electrons. The predicted molar refractivity (Wildman–Crippen MR) is 151 cm³/mol. The van der Waals surface area contributed by atoms with Crippen LogP contribution >= 0.6 is 0 Å². The molecule has 2 aliphatic rings. The second-order valence-electron chi connectivity index (χ2n) is 10.5. The summed E-state index contributed by atoms with van der Waals surface area (Å²) in [7, 11) is -2.92. The first-order chi connectivity index (χ1) is 19.1. The van der Waals surface area contributed by atoms with Gasteiger partial charge in [-0.15, -0.1) is 0 Å². The predicted octanol–water partition coefficient (Wildman–Crippen LogP) is 4.83. The molecule has 9 heteroatoms. The van der Waals surface area contributed by atoms with Crippen LogP contribution in [0.1, 0.15) is 35.1 Å². The third kappa shape index (κ3) is 6.32. The maximum Gasteiger partial charge on any atom is 0.329 e. The molecule has 2 saturated heterocycles. The fourth-order valence-corrected chi connectivity index (χ4v) is 6.65. The molecule has 3 aromatic rings. The van der Waals surface area contributed by atoms with Gasteiger partial charge in [-0.3, -0.25) is 0 Å². The van der Waals surface area contributed by atoms with E-state index in [-0.39, 0.29) is 24.2 Å². The van der Waals surface area contributed by atoms with Crippen LogP contribution in [0.3, 0.4) is 0 Å². The summed E-state index contributed by atoms with van der Waals surface area (Å²) in [5.74, 6) is 0.807. The average molecular weight is 567 g/mol. The fraction of sp³-hybridized carbons (Fsp3) is 0.387. The number of carboxylic acids is 1. The summed E-state index contributed by atoms with van der Waals surface area (Å²) in [4.78, 5) is 11.0. The molecule has 212 valence electrons. The minimum atomic E-state index is -2.92. The van der Waals surface area contributed by atoms with Crippen LogP contribution in [-0.2, 0) is 36.3 Å². The van der Waals surface area contributed by atoms with Crippen LogP contribution in [0, 0.1) is 13.8 Å². The number of carbonyl (C=O) groups is 1. The molecule has 0 aromatic heterocycles. The quantitative estimate of drug-likeness (QED) is 0.372. The van der Waals surface area contributed by atoms with Crippen molar-refractivity contribution in [2.45, 2.75) is 45.0 Å². The van der Waals surface area contributed by atoms with E-state index in [9.17, 15) is 13.2 Å². The van der Waals surface area contributed by atoms with E-state index in [1.807, 2.05) is 48.5 Å². The summed E-state index contributed by atoms with van der Waals surface area (Å²) in [6.07, 6.45) is 0.985. The lowest BCUT2D eigenvalue weighted by Gasteiger charge is -2.41. The van der Waals surface area contributed by atoms with E-state index in [0.29, 0.717) is 38.4 Å². The van der Waals surface area contributed by atoms with E-state index in [4.69, 9.17) is 24.1 Å². The Labute approximate surface area is 234 Å². The number of aryl methyl sites for hydroxylation is 1. The molecule has 0 atom stereocenters. The molecule has 2 heterocycles. The molecule has 0 unspecified atom stereocenters. The van der Waals surface area contributed by atoms with Gasteiger partial charge in [0.15, 0.2) is 9.84 Å². The molecule has 1 N–H and O–H groups in total. The molecule has 0 saturated carbocycles. The second-order valence-corrected chi connectivity index (χ2v) is 12.8. The maximum atomic E-state index is 11.7. The molecule has 2 aliphatic heterocycles. The number of ether oxygens (including phenoxy) is 4. The van der Waals surface area contributed by atoms with Crippen molar-refractivity contribution < 1.29 is 37.3 Å². The zero-order valence-electron chi connectivity index (χ0n) is 22.7. The molecule has 0 amide bonds. The first-order valence-electron chi connectivity index (χ1n) is 13.4. The molecule has 0 spiro atoms. The number of hydrogen-bond donors (Lipinski definition) is 1. The van der Waals surface area contributed by atoms with Gasteiger partial charge in [-0.1, -0.05) is 36.4 Å². The van der Waals surface area contributed by atoms with Gasteiger partial charge in [0.05, 0.1) is 24.7 Å². The van der Waals surface area contributed by atoms with Gasteiger partial charge in [-0.2, -0.15) is 0 Å². The van der Waals surface area contributed by atoms with Gasteiger partial charge in [-0.25, -0.2) is 13.2 Å². The highest BCUT2D eigenvalue weighted by molar-refractivity contribution is 7.91. The minimum Gasteiger partial charge on any atom is -0.490 e. The third-order valence-electron chi connectivity index (χ3n) is 7.65. The Kier molecular flexibility index (Phi) is 8.16. The van der Waals surface area contributed by atoms with Gasteiger partial charge < -0.3 is 24.1 Å². The van der Waals surface area contributed by atoms with Crippen LogP contribution < -0.4 is 9.47 Å². The van der Waals surface area contributed by atoms with Gasteiger partial charge >= 0.3 is 5.97 Å². The Morgan fingerprint density at radius 1 is 0.950 bits per heavy atom. The highest BCUT2D eigenvalue weighted by Crippen LogP contribution is 2.35. The maximum absolute atomic E-state index is 11.7. The summed E-state index contributed by atoms with van der Waals surface area (Å²) in [5, 5.41) is 8.98. The van der Waals surface area contributed by atoms with Crippen molar-refractivity contribution in [2.75, 3.05) is 31.3 Å². The second kappa shape index (κ2) is 11.6. The van der Waals surface area contributed by atoms with Crippen molar-refractivity contribution in [1.82, 2.24) is 0 Å². The Morgan fingerprint density at radius 3 is 2.20 bits per heavy atom. The van der Waals surface area contributed by atoms with E-state index < -0.39 is 21.4 Å². The number of carboxylic acid groups (broad SMARTS) is 1. The summed E-state index contributed by atoms with van der Waals surface area (Å²) in [6.45, 7) is 4.85. The number of sulfone groups is 1. The standard InChI is InChI=1S/C31H34O8S/c1-21-3-4-24(17-37-26-11-7-25(8-12-26)31(19-36-20-31)38-18-29(32)33)22(2)30(21)23-5-9-27(10-6-23)39-28-13-15-40(34,35)16-14-28/h3-12,28H,13-20H2,1-2H3,(H,32,33).